The molecule has 0 radical (unpaired) electrons. The molecule has 2 aromatic carbocycles. The number of aryl methyl sites for hydroxylation is 1. The average molecular weight is 433 g/mol. The van der Waals surface area contributed by atoms with Crippen LogP contribution in [0.3, 0.4) is 0 Å². The minimum Gasteiger partial charge on any atom is -0.497 e. The highest BCUT2D eigenvalue weighted by Crippen LogP contribution is 2.35. The van der Waals surface area contributed by atoms with Gasteiger partial charge in [-0.05, 0) is 79.8 Å². The maximum Gasteiger partial charge on any atom is 0.418 e. The van der Waals surface area contributed by atoms with E-state index in [2.05, 4.69) is 0 Å². The number of hydrogen-bond acceptors (Lipinski definition) is 3. The molecule has 7 heteroatoms. The number of aliphatic hydroxyl groups excluding tert-OH is 1. The maximum absolute atomic E-state index is 13.6. The third kappa shape index (κ3) is 5.05. The minimum atomic E-state index is -4.49. The fourth-order valence-electron chi connectivity index (χ4n) is 3.55. The van der Waals surface area contributed by atoms with Crippen molar-refractivity contribution in [2.24, 2.45) is 0 Å². The molecule has 0 unspecified atom stereocenters. The predicted octanol–water partition coefficient (Wildman–Crippen LogP) is 5.63. The zero-order valence-corrected chi connectivity index (χ0v) is 17.8. The molecule has 3 rings (SSSR count). The van der Waals surface area contributed by atoms with Crippen LogP contribution < -0.4 is 9.47 Å². The average Bonchev–Trinajstić information content (AvgIpc) is 3.18. The standard InChI is InChI=1S/C24H26F3NO3/c1-16-17(2)23(11-6-18(16)5-4-14-29)31-15-22-21(24(25,26)27)12-13-28(22)19-7-9-20(30-3)10-8-19/h6-13,29H,4-5,14-15H2,1-3H3. The maximum atomic E-state index is 13.6. The van der Waals surface area contributed by atoms with E-state index >= 15 is 0 Å². The lowest BCUT2D eigenvalue weighted by molar-refractivity contribution is -0.138. The van der Waals surface area contributed by atoms with Gasteiger partial charge in [-0.2, -0.15) is 13.2 Å². The van der Waals surface area contributed by atoms with Gasteiger partial charge < -0.3 is 19.1 Å². The van der Waals surface area contributed by atoms with E-state index in [-0.39, 0.29) is 18.9 Å². The monoisotopic (exact) mass is 433 g/mol. The molecular formula is C24H26F3NO3. The number of hydrogen-bond donors (Lipinski definition) is 1. The molecule has 0 saturated heterocycles. The molecular weight excluding hydrogens is 407 g/mol. The number of rotatable bonds is 8. The molecule has 4 nitrogen and oxygen atoms in total. The highest BCUT2D eigenvalue weighted by Gasteiger charge is 2.35. The molecule has 0 bridgehead atoms. The minimum absolute atomic E-state index is 0.0269. The van der Waals surface area contributed by atoms with Crippen molar-refractivity contribution in [1.82, 2.24) is 4.57 Å². The van der Waals surface area contributed by atoms with Crippen LogP contribution in [0.2, 0.25) is 0 Å². The number of ether oxygens (including phenoxy) is 2. The first-order valence-corrected chi connectivity index (χ1v) is 10.0. The van der Waals surface area contributed by atoms with Crippen molar-refractivity contribution < 1.29 is 27.8 Å². The molecule has 0 aliphatic heterocycles. The molecule has 0 saturated carbocycles. The van der Waals surface area contributed by atoms with E-state index in [1.807, 2.05) is 19.9 Å². The summed E-state index contributed by atoms with van der Waals surface area (Å²) in [5, 5.41) is 9.05. The molecule has 0 aliphatic rings. The lowest BCUT2D eigenvalue weighted by Crippen LogP contribution is -2.13. The summed E-state index contributed by atoms with van der Waals surface area (Å²) in [6.07, 6.45) is -1.69. The Bertz CT molecular complexity index is 1020. The van der Waals surface area contributed by atoms with E-state index < -0.39 is 11.7 Å². The fraction of sp³-hybridized carbons (Fsp3) is 0.333. The van der Waals surface area contributed by atoms with Gasteiger partial charge in [0, 0.05) is 18.5 Å². The summed E-state index contributed by atoms with van der Waals surface area (Å²) in [4.78, 5) is 0. The van der Waals surface area contributed by atoms with Crippen molar-refractivity contribution >= 4 is 0 Å². The Hall–Kier alpha value is -2.93. The van der Waals surface area contributed by atoms with Gasteiger partial charge in [0.2, 0.25) is 0 Å². The van der Waals surface area contributed by atoms with Crippen LogP contribution in [0.15, 0.2) is 48.7 Å². The number of alkyl halides is 3. The third-order valence-electron chi connectivity index (χ3n) is 5.47. The summed E-state index contributed by atoms with van der Waals surface area (Å²) >= 11 is 0. The van der Waals surface area contributed by atoms with E-state index in [9.17, 15) is 13.2 Å². The van der Waals surface area contributed by atoms with Crippen LogP contribution in [0, 0.1) is 13.8 Å². The normalized spacial score (nSPS) is 11.6. The van der Waals surface area contributed by atoms with Gasteiger partial charge in [0.25, 0.3) is 0 Å². The van der Waals surface area contributed by atoms with Crippen LogP contribution in [-0.4, -0.2) is 23.4 Å². The van der Waals surface area contributed by atoms with E-state index in [1.165, 1.54) is 17.9 Å². The highest BCUT2D eigenvalue weighted by molar-refractivity contribution is 5.45. The summed E-state index contributed by atoms with van der Waals surface area (Å²) in [6.45, 7) is 3.72. The van der Waals surface area contributed by atoms with E-state index in [4.69, 9.17) is 14.6 Å². The zero-order valence-electron chi connectivity index (χ0n) is 17.8. The molecule has 0 amide bonds. The van der Waals surface area contributed by atoms with Crippen LogP contribution in [0.4, 0.5) is 13.2 Å². The molecule has 0 atom stereocenters. The Morgan fingerprint density at radius 1 is 0.968 bits per heavy atom. The van der Waals surface area contributed by atoms with Gasteiger partial charge in [-0.3, -0.25) is 0 Å². The van der Waals surface area contributed by atoms with Gasteiger partial charge >= 0.3 is 6.18 Å². The molecule has 0 aliphatic carbocycles. The first-order valence-electron chi connectivity index (χ1n) is 10.0. The first-order chi connectivity index (χ1) is 14.8. The molecule has 1 aromatic heterocycles. The van der Waals surface area contributed by atoms with Crippen molar-refractivity contribution in [3.63, 3.8) is 0 Å². The fourth-order valence-corrected chi connectivity index (χ4v) is 3.55. The number of halogens is 3. The first kappa shape index (κ1) is 22.7. The number of aromatic nitrogens is 1. The number of nitrogens with zero attached hydrogens (tertiary/aromatic N) is 1. The lowest BCUT2D eigenvalue weighted by atomic mass is 9.99. The Kier molecular flexibility index (Phi) is 6.95. The quantitative estimate of drug-likeness (QED) is 0.501. The second-order valence-electron chi connectivity index (χ2n) is 7.33. The summed E-state index contributed by atoms with van der Waals surface area (Å²) in [5.41, 5.74) is 2.88. The van der Waals surface area contributed by atoms with Gasteiger partial charge in [-0.15, -0.1) is 0 Å². The topological polar surface area (TPSA) is 43.6 Å². The van der Waals surface area contributed by atoms with Crippen LogP contribution in [0.1, 0.15) is 34.4 Å². The van der Waals surface area contributed by atoms with Gasteiger partial charge in [0.05, 0.1) is 18.4 Å². The number of aliphatic hydroxyl groups is 1. The molecule has 1 heterocycles. The van der Waals surface area contributed by atoms with E-state index in [0.29, 0.717) is 23.6 Å². The predicted molar refractivity (Wildman–Crippen MR) is 113 cm³/mol. The summed E-state index contributed by atoms with van der Waals surface area (Å²) in [7, 11) is 1.53. The Labute approximate surface area is 179 Å². The second-order valence-corrected chi connectivity index (χ2v) is 7.33. The van der Waals surface area contributed by atoms with Crippen molar-refractivity contribution in [2.75, 3.05) is 13.7 Å². The lowest BCUT2D eigenvalue weighted by Gasteiger charge is -2.17. The van der Waals surface area contributed by atoms with Crippen molar-refractivity contribution in [1.29, 1.82) is 0 Å². The summed E-state index contributed by atoms with van der Waals surface area (Å²) < 4.78 is 53.4. The van der Waals surface area contributed by atoms with Crippen molar-refractivity contribution in [3.05, 3.63) is 76.6 Å². The summed E-state index contributed by atoms with van der Waals surface area (Å²) in [5.74, 6) is 1.16. The Morgan fingerprint density at radius 3 is 2.29 bits per heavy atom. The largest absolute Gasteiger partial charge is 0.497 e. The molecule has 0 spiro atoms. The number of methoxy groups -OCH3 is 1. The highest BCUT2D eigenvalue weighted by atomic mass is 19.4. The molecule has 31 heavy (non-hydrogen) atoms. The second kappa shape index (κ2) is 9.47. The molecule has 166 valence electrons. The van der Waals surface area contributed by atoms with Crippen molar-refractivity contribution in [2.45, 2.75) is 39.5 Å². The van der Waals surface area contributed by atoms with E-state index in [0.717, 1.165) is 29.2 Å². The van der Waals surface area contributed by atoms with E-state index in [1.54, 1.807) is 30.3 Å². The molecule has 1 N–H and O–H groups in total. The van der Waals surface area contributed by atoms with Gasteiger partial charge in [0.15, 0.2) is 0 Å². The summed E-state index contributed by atoms with van der Waals surface area (Å²) in [6, 6.07) is 11.6. The molecule has 3 aromatic rings. The third-order valence-corrected chi connectivity index (χ3v) is 5.47. The smallest absolute Gasteiger partial charge is 0.418 e. The SMILES string of the molecule is COc1ccc(-n2ccc(C(F)(F)F)c2COc2ccc(CCCO)c(C)c2C)cc1. The Morgan fingerprint density at radius 2 is 1.68 bits per heavy atom. The van der Waals surface area contributed by atoms with Crippen LogP contribution in [0.5, 0.6) is 11.5 Å². The van der Waals surface area contributed by atoms with Gasteiger partial charge in [-0.25, -0.2) is 0 Å². The van der Waals surface area contributed by atoms with Crippen LogP contribution in [-0.2, 0) is 19.2 Å². The number of benzene rings is 2. The van der Waals surface area contributed by atoms with Gasteiger partial charge in [-0.1, -0.05) is 6.07 Å². The van der Waals surface area contributed by atoms with Gasteiger partial charge in [0.1, 0.15) is 18.1 Å². The van der Waals surface area contributed by atoms with Crippen LogP contribution in [0.25, 0.3) is 5.69 Å². The van der Waals surface area contributed by atoms with Crippen molar-refractivity contribution in [3.8, 4) is 17.2 Å². The Balaban J connectivity index is 1.91. The van der Waals surface area contributed by atoms with Crippen LogP contribution >= 0.6 is 0 Å². The molecule has 0 fully saturated rings. The zero-order chi connectivity index (χ0) is 22.6.